The zero-order valence-electron chi connectivity index (χ0n) is 16.8. The Hall–Kier alpha value is -1.53. The number of aromatic nitrogens is 3. The fourth-order valence-corrected chi connectivity index (χ4v) is 5.47. The number of aromatic amines is 1. The van der Waals surface area contributed by atoms with Crippen molar-refractivity contribution in [2.24, 2.45) is 0 Å². The van der Waals surface area contributed by atoms with Gasteiger partial charge in [0.1, 0.15) is 0 Å². The molecule has 1 aromatic carbocycles. The monoisotopic (exact) mass is 432 g/mol. The average molecular weight is 433 g/mol. The number of amides is 1. The number of benzene rings is 1. The predicted octanol–water partition coefficient (Wildman–Crippen LogP) is 5.71. The van der Waals surface area contributed by atoms with Crippen LogP contribution in [0.2, 0.25) is 5.02 Å². The minimum Gasteiger partial charge on any atom is -0.336 e. The first-order valence-corrected chi connectivity index (χ1v) is 12.2. The average Bonchev–Trinajstić information content (AvgIpc) is 3.24. The second kappa shape index (κ2) is 9.98. The van der Waals surface area contributed by atoms with Crippen LogP contribution in [0.25, 0.3) is 11.4 Å². The highest BCUT2D eigenvalue weighted by molar-refractivity contribution is 7.99. The van der Waals surface area contributed by atoms with Crippen molar-refractivity contribution in [1.82, 2.24) is 20.1 Å². The zero-order valence-corrected chi connectivity index (χ0v) is 18.4. The quantitative estimate of drug-likeness (QED) is 0.593. The highest BCUT2D eigenvalue weighted by Gasteiger charge is 2.32. The first kappa shape index (κ1) is 20.7. The van der Waals surface area contributed by atoms with Crippen LogP contribution in [0.3, 0.4) is 0 Å². The normalized spacial score (nSPS) is 18.7. The standard InChI is InChI=1S/C22H29ClN4OS/c23-17-13-11-16(12-14-17)21-24-22(26-25-21)29-15-20(28)27(18-7-3-1-4-8-18)19-9-5-2-6-10-19/h11-14,18-19H,1-10,15H2,(H,24,25,26). The molecule has 156 valence electrons. The summed E-state index contributed by atoms with van der Waals surface area (Å²) in [6, 6.07) is 8.35. The molecule has 0 bridgehead atoms. The summed E-state index contributed by atoms with van der Waals surface area (Å²) in [5, 5.41) is 8.58. The number of nitrogens with zero attached hydrogens (tertiary/aromatic N) is 3. The summed E-state index contributed by atoms with van der Waals surface area (Å²) < 4.78 is 0. The van der Waals surface area contributed by atoms with E-state index >= 15 is 0 Å². The molecule has 0 radical (unpaired) electrons. The summed E-state index contributed by atoms with van der Waals surface area (Å²) in [6.45, 7) is 0. The van der Waals surface area contributed by atoms with Crippen LogP contribution in [0.5, 0.6) is 0 Å². The molecule has 0 atom stereocenters. The van der Waals surface area contributed by atoms with Crippen LogP contribution in [0.15, 0.2) is 29.4 Å². The second-order valence-corrected chi connectivity index (χ2v) is 9.53. The number of H-pyrrole nitrogens is 1. The lowest BCUT2D eigenvalue weighted by atomic mass is 9.88. The molecular formula is C22H29ClN4OS. The van der Waals surface area contributed by atoms with Crippen LogP contribution in [0.1, 0.15) is 64.2 Å². The van der Waals surface area contributed by atoms with Gasteiger partial charge in [0.2, 0.25) is 11.1 Å². The van der Waals surface area contributed by atoms with E-state index in [1.54, 1.807) is 0 Å². The summed E-state index contributed by atoms with van der Waals surface area (Å²) in [7, 11) is 0. The molecule has 2 aromatic rings. The third kappa shape index (κ3) is 5.34. The Labute approximate surface area is 182 Å². The third-order valence-electron chi connectivity index (χ3n) is 6.13. The molecule has 0 spiro atoms. The molecule has 7 heteroatoms. The Morgan fingerprint density at radius 3 is 2.17 bits per heavy atom. The SMILES string of the molecule is O=C(CSc1n[nH]c(-c2ccc(Cl)cc2)n1)N(C1CCCCC1)C1CCCCC1. The first-order valence-electron chi connectivity index (χ1n) is 10.8. The van der Waals surface area contributed by atoms with Crippen molar-refractivity contribution < 1.29 is 4.79 Å². The Kier molecular flexibility index (Phi) is 7.14. The summed E-state index contributed by atoms with van der Waals surface area (Å²) in [5.41, 5.74) is 0.936. The summed E-state index contributed by atoms with van der Waals surface area (Å²) in [6.07, 6.45) is 12.3. The fourth-order valence-electron chi connectivity index (χ4n) is 4.67. The Morgan fingerprint density at radius 1 is 1.00 bits per heavy atom. The second-order valence-electron chi connectivity index (χ2n) is 8.15. The van der Waals surface area contributed by atoms with Gasteiger partial charge in [0, 0.05) is 22.7 Å². The molecule has 1 amide bonds. The molecule has 4 rings (SSSR count). The van der Waals surface area contributed by atoms with E-state index in [-0.39, 0.29) is 5.91 Å². The maximum atomic E-state index is 13.3. The summed E-state index contributed by atoms with van der Waals surface area (Å²) >= 11 is 7.39. The number of halogens is 1. The van der Waals surface area contributed by atoms with Gasteiger partial charge in [0.25, 0.3) is 0 Å². The predicted molar refractivity (Wildman–Crippen MR) is 118 cm³/mol. The summed E-state index contributed by atoms with van der Waals surface area (Å²) in [5.74, 6) is 1.37. The van der Waals surface area contributed by atoms with Crippen LogP contribution < -0.4 is 0 Å². The molecule has 0 saturated heterocycles. The molecule has 1 aromatic heterocycles. The molecule has 5 nitrogen and oxygen atoms in total. The van der Waals surface area contributed by atoms with E-state index in [0.717, 1.165) is 31.2 Å². The number of thioether (sulfide) groups is 1. The number of nitrogens with one attached hydrogen (secondary N) is 1. The maximum absolute atomic E-state index is 13.3. The van der Waals surface area contributed by atoms with Gasteiger partial charge in [-0.15, -0.1) is 5.10 Å². The van der Waals surface area contributed by atoms with Crippen molar-refractivity contribution in [2.75, 3.05) is 5.75 Å². The molecule has 2 fully saturated rings. The number of rotatable bonds is 6. The topological polar surface area (TPSA) is 61.9 Å². The van der Waals surface area contributed by atoms with Crippen LogP contribution in [-0.4, -0.2) is 43.8 Å². The van der Waals surface area contributed by atoms with E-state index in [9.17, 15) is 4.79 Å². The number of hydrogen-bond donors (Lipinski definition) is 1. The molecule has 0 aliphatic heterocycles. The Balaban J connectivity index is 1.40. The Bertz CT molecular complexity index is 779. The Morgan fingerprint density at radius 2 is 1.59 bits per heavy atom. The van der Waals surface area contributed by atoms with E-state index in [2.05, 4.69) is 20.1 Å². The van der Waals surface area contributed by atoms with Crippen LogP contribution in [0, 0.1) is 0 Å². The molecule has 1 heterocycles. The van der Waals surface area contributed by atoms with Gasteiger partial charge in [-0.1, -0.05) is 61.9 Å². The van der Waals surface area contributed by atoms with Gasteiger partial charge in [0.05, 0.1) is 5.75 Å². The molecule has 0 unspecified atom stereocenters. The van der Waals surface area contributed by atoms with Crippen molar-refractivity contribution in [2.45, 2.75) is 81.4 Å². The molecule has 29 heavy (non-hydrogen) atoms. The lowest BCUT2D eigenvalue weighted by Gasteiger charge is -2.41. The lowest BCUT2D eigenvalue weighted by molar-refractivity contribution is -0.135. The van der Waals surface area contributed by atoms with Crippen molar-refractivity contribution in [3.05, 3.63) is 29.3 Å². The fraction of sp³-hybridized carbons (Fsp3) is 0.591. The highest BCUT2D eigenvalue weighted by atomic mass is 35.5. The van der Waals surface area contributed by atoms with Gasteiger partial charge < -0.3 is 4.90 Å². The van der Waals surface area contributed by atoms with E-state index < -0.39 is 0 Å². The van der Waals surface area contributed by atoms with Gasteiger partial charge >= 0.3 is 0 Å². The van der Waals surface area contributed by atoms with Gasteiger partial charge in [-0.2, -0.15) is 0 Å². The minimum absolute atomic E-state index is 0.256. The molecular weight excluding hydrogens is 404 g/mol. The van der Waals surface area contributed by atoms with Gasteiger partial charge in [-0.25, -0.2) is 4.98 Å². The largest absolute Gasteiger partial charge is 0.336 e. The zero-order chi connectivity index (χ0) is 20.1. The first-order chi connectivity index (χ1) is 14.2. The number of carbonyl (C=O) groups is 1. The number of hydrogen-bond acceptors (Lipinski definition) is 4. The highest BCUT2D eigenvalue weighted by Crippen LogP contribution is 2.31. The van der Waals surface area contributed by atoms with Crippen LogP contribution in [-0.2, 0) is 4.79 Å². The molecule has 2 aliphatic rings. The van der Waals surface area contributed by atoms with Crippen molar-refractivity contribution in [3.63, 3.8) is 0 Å². The van der Waals surface area contributed by atoms with Crippen LogP contribution >= 0.6 is 23.4 Å². The van der Waals surface area contributed by atoms with Gasteiger partial charge in [0.15, 0.2) is 5.82 Å². The van der Waals surface area contributed by atoms with E-state index in [4.69, 9.17) is 11.6 Å². The molecule has 2 aliphatic carbocycles. The van der Waals surface area contributed by atoms with Gasteiger partial charge in [-0.3, -0.25) is 9.89 Å². The van der Waals surface area contributed by atoms with Crippen molar-refractivity contribution >= 4 is 29.3 Å². The van der Waals surface area contributed by atoms with Crippen molar-refractivity contribution in [3.8, 4) is 11.4 Å². The maximum Gasteiger partial charge on any atom is 0.233 e. The van der Waals surface area contributed by atoms with Gasteiger partial charge in [-0.05, 0) is 49.9 Å². The summed E-state index contributed by atoms with van der Waals surface area (Å²) in [4.78, 5) is 20.1. The van der Waals surface area contributed by atoms with E-state index in [1.807, 2.05) is 24.3 Å². The smallest absolute Gasteiger partial charge is 0.233 e. The van der Waals surface area contributed by atoms with Crippen molar-refractivity contribution in [1.29, 1.82) is 0 Å². The van der Waals surface area contributed by atoms with E-state index in [1.165, 1.54) is 50.3 Å². The van der Waals surface area contributed by atoms with Crippen LogP contribution in [0.4, 0.5) is 0 Å². The third-order valence-corrected chi connectivity index (χ3v) is 7.22. The molecule has 1 N–H and O–H groups in total. The lowest BCUT2D eigenvalue weighted by Crippen LogP contribution is -2.49. The molecule has 2 saturated carbocycles. The number of carbonyl (C=O) groups excluding carboxylic acids is 1. The minimum atomic E-state index is 0.256. The van der Waals surface area contributed by atoms with E-state index in [0.29, 0.717) is 33.8 Å².